The van der Waals surface area contributed by atoms with Crippen molar-refractivity contribution >= 4 is 36.4 Å². The summed E-state index contributed by atoms with van der Waals surface area (Å²) in [6, 6.07) is 15.6. The number of hydrogen-bond acceptors (Lipinski definition) is 6. The Morgan fingerprint density at radius 3 is 2.94 bits per heavy atom. The second kappa shape index (κ2) is 9.33. The average molecular weight is 460 g/mol. The van der Waals surface area contributed by atoms with Crippen molar-refractivity contribution in [3.05, 3.63) is 65.3 Å². The molecule has 2 radical (unpaired) electrons. The third-order valence-corrected chi connectivity index (χ3v) is 5.92. The maximum absolute atomic E-state index is 6.40. The maximum atomic E-state index is 6.40. The molecule has 33 heavy (non-hydrogen) atoms. The largest absolute Gasteiger partial charge is 0.454 e. The molecule has 4 aromatic rings. The molecule has 166 valence electrons. The predicted octanol–water partition coefficient (Wildman–Crippen LogP) is 3.51. The Bertz CT molecular complexity index is 1300. The van der Waals surface area contributed by atoms with Crippen LogP contribution in [0.25, 0.3) is 16.9 Å². The van der Waals surface area contributed by atoms with Gasteiger partial charge in [0.05, 0.1) is 5.69 Å². The number of fused-ring (bicyclic) bond motifs is 2. The van der Waals surface area contributed by atoms with Crippen molar-refractivity contribution in [1.29, 1.82) is 0 Å². The first-order chi connectivity index (χ1) is 16.1. The van der Waals surface area contributed by atoms with E-state index >= 15 is 0 Å². The van der Waals surface area contributed by atoms with Gasteiger partial charge in [-0.25, -0.2) is 4.98 Å². The maximum Gasteiger partial charge on any atom is 0.231 e. The van der Waals surface area contributed by atoms with Crippen LogP contribution in [0.4, 0.5) is 5.82 Å². The van der Waals surface area contributed by atoms with Gasteiger partial charge in [-0.1, -0.05) is 41.9 Å². The second-order valence-electron chi connectivity index (χ2n) is 8.01. The van der Waals surface area contributed by atoms with Crippen molar-refractivity contribution in [3.8, 4) is 22.8 Å². The second-order valence-corrected chi connectivity index (χ2v) is 8.42. The van der Waals surface area contributed by atoms with Crippen molar-refractivity contribution in [3.63, 3.8) is 0 Å². The quantitative estimate of drug-likeness (QED) is 0.321. The molecule has 1 aliphatic heterocycles. The fourth-order valence-electron chi connectivity index (χ4n) is 3.96. The summed E-state index contributed by atoms with van der Waals surface area (Å²) in [4.78, 5) is 6.95. The summed E-state index contributed by atoms with van der Waals surface area (Å²) in [5, 5.41) is 8.50. The predicted molar refractivity (Wildman–Crippen MR) is 131 cm³/mol. The van der Waals surface area contributed by atoms with Gasteiger partial charge in [-0.05, 0) is 37.6 Å². The van der Waals surface area contributed by atoms with E-state index in [-0.39, 0.29) is 6.79 Å². The van der Waals surface area contributed by atoms with Gasteiger partial charge in [-0.2, -0.15) is 9.61 Å². The summed E-state index contributed by atoms with van der Waals surface area (Å²) < 4.78 is 12.8. The van der Waals surface area contributed by atoms with Crippen LogP contribution in [0.5, 0.6) is 11.5 Å². The zero-order valence-electron chi connectivity index (χ0n) is 18.3. The van der Waals surface area contributed by atoms with Crippen LogP contribution in [-0.2, 0) is 6.54 Å². The summed E-state index contributed by atoms with van der Waals surface area (Å²) in [6.07, 6.45) is 2.55. The van der Waals surface area contributed by atoms with Crippen LogP contribution in [0, 0.1) is 0 Å². The number of benzene rings is 2. The molecule has 0 saturated carbocycles. The van der Waals surface area contributed by atoms with Crippen LogP contribution in [-0.4, -0.2) is 54.3 Å². The van der Waals surface area contributed by atoms with Crippen LogP contribution in [0.2, 0.25) is 5.02 Å². The lowest BCUT2D eigenvalue weighted by molar-refractivity contribution is 0.172. The number of anilines is 1. The minimum atomic E-state index is 0.286. The lowest BCUT2D eigenvalue weighted by Gasteiger charge is -2.18. The number of nitrogens with one attached hydrogen (secondary N) is 1. The van der Waals surface area contributed by atoms with Crippen molar-refractivity contribution in [1.82, 2.24) is 19.5 Å². The van der Waals surface area contributed by atoms with Gasteiger partial charge in [0.15, 0.2) is 17.1 Å². The summed E-state index contributed by atoms with van der Waals surface area (Å²) in [6.45, 7) is 2.74. The molecule has 0 aliphatic carbocycles. The molecule has 2 aromatic carbocycles. The smallest absolute Gasteiger partial charge is 0.231 e. The zero-order chi connectivity index (χ0) is 22.8. The average Bonchev–Trinajstić information content (AvgIpc) is 3.44. The van der Waals surface area contributed by atoms with E-state index in [2.05, 4.69) is 33.4 Å². The summed E-state index contributed by atoms with van der Waals surface area (Å²) in [7, 11) is 8.21. The molecule has 0 spiro atoms. The number of rotatable bonds is 8. The van der Waals surface area contributed by atoms with E-state index in [0.717, 1.165) is 60.2 Å². The van der Waals surface area contributed by atoms with Gasteiger partial charge in [-0.15, -0.1) is 0 Å². The molecule has 3 heterocycles. The fraction of sp³-hybridized carbons (Fsp3) is 0.250. The zero-order valence-corrected chi connectivity index (χ0v) is 19.0. The third-order valence-electron chi connectivity index (χ3n) is 5.59. The van der Waals surface area contributed by atoms with Crippen LogP contribution in [0.3, 0.4) is 0 Å². The molecule has 1 aliphatic rings. The molecule has 0 unspecified atom stereocenters. The Morgan fingerprint density at radius 1 is 1.18 bits per heavy atom. The highest BCUT2D eigenvalue weighted by atomic mass is 35.5. The molecule has 5 rings (SSSR count). The fourth-order valence-corrected chi connectivity index (χ4v) is 4.20. The first kappa shape index (κ1) is 21.6. The minimum absolute atomic E-state index is 0.286. The van der Waals surface area contributed by atoms with E-state index in [9.17, 15) is 0 Å². The minimum Gasteiger partial charge on any atom is -0.454 e. The Kier molecular flexibility index (Phi) is 6.11. The highest BCUT2D eigenvalue weighted by molar-refractivity contribution is 6.36. The van der Waals surface area contributed by atoms with E-state index in [0.29, 0.717) is 16.1 Å². The molecule has 0 amide bonds. The monoisotopic (exact) mass is 459 g/mol. The molecule has 0 fully saturated rings. The molecular weight excluding hydrogens is 437 g/mol. The molecule has 0 saturated heterocycles. The summed E-state index contributed by atoms with van der Waals surface area (Å²) >= 11 is 6.40. The van der Waals surface area contributed by atoms with Gasteiger partial charge in [-0.3, -0.25) is 0 Å². The van der Waals surface area contributed by atoms with E-state index in [1.54, 1.807) is 10.7 Å². The highest BCUT2D eigenvalue weighted by Crippen LogP contribution is 2.35. The highest BCUT2D eigenvalue weighted by Gasteiger charge is 2.18. The van der Waals surface area contributed by atoms with Gasteiger partial charge in [0.2, 0.25) is 6.79 Å². The van der Waals surface area contributed by atoms with E-state index < -0.39 is 0 Å². The Morgan fingerprint density at radius 2 is 2.06 bits per heavy atom. The van der Waals surface area contributed by atoms with E-state index in [1.807, 2.05) is 42.5 Å². The van der Waals surface area contributed by atoms with Gasteiger partial charge in [0.25, 0.3) is 0 Å². The first-order valence-corrected chi connectivity index (χ1v) is 11.2. The van der Waals surface area contributed by atoms with Crippen LogP contribution in [0.1, 0.15) is 12.0 Å². The molecule has 0 bridgehead atoms. The van der Waals surface area contributed by atoms with Gasteiger partial charge in [0.1, 0.15) is 13.7 Å². The van der Waals surface area contributed by atoms with Gasteiger partial charge < -0.3 is 19.7 Å². The third kappa shape index (κ3) is 4.49. The van der Waals surface area contributed by atoms with E-state index in [1.165, 1.54) is 0 Å². The van der Waals surface area contributed by atoms with Crippen LogP contribution in [0.15, 0.2) is 54.7 Å². The standard InChI is InChI=1S/C24H23BClN5O2/c1-30(14-16-6-4-9-21-23(16)33-15-32-21)11-5-10-27-22-12-20(17-7-2-3-8-19(17)26)29-24-18(25)13-28-31(22)24/h2-4,6-9,12-13,27H,5,10-11,14-15H2,1H3. The van der Waals surface area contributed by atoms with Gasteiger partial charge >= 0.3 is 0 Å². The van der Waals surface area contributed by atoms with E-state index in [4.69, 9.17) is 28.9 Å². The summed E-state index contributed by atoms with van der Waals surface area (Å²) in [5.74, 6) is 2.49. The molecule has 0 atom stereocenters. The van der Waals surface area contributed by atoms with Crippen molar-refractivity contribution < 1.29 is 9.47 Å². The van der Waals surface area contributed by atoms with Gasteiger partial charge in [0, 0.05) is 41.5 Å². The van der Waals surface area contributed by atoms with Crippen molar-refractivity contribution in [2.24, 2.45) is 0 Å². The number of halogens is 1. The SMILES string of the molecule is [B]c1cnn2c(NCCCN(C)Cc3cccc4c3OCO4)cc(-c3ccccc3Cl)nc12. The van der Waals surface area contributed by atoms with Crippen molar-refractivity contribution in [2.75, 3.05) is 32.2 Å². The number of hydrogen-bond donors (Lipinski definition) is 1. The topological polar surface area (TPSA) is 63.9 Å². The molecular formula is C24H23BClN5O2. The van der Waals surface area contributed by atoms with Crippen molar-refractivity contribution in [2.45, 2.75) is 13.0 Å². The first-order valence-electron chi connectivity index (χ1n) is 10.8. The Labute approximate surface area is 198 Å². The molecule has 9 heteroatoms. The summed E-state index contributed by atoms with van der Waals surface area (Å²) in [5.41, 5.74) is 3.86. The lowest BCUT2D eigenvalue weighted by Crippen LogP contribution is -2.22. The normalized spacial score (nSPS) is 12.6. The Hall–Kier alpha value is -3.23. The van der Waals surface area contributed by atoms with Crippen LogP contribution >= 0.6 is 11.6 Å². The number of para-hydroxylation sites is 1. The molecule has 7 nitrogen and oxygen atoms in total. The number of nitrogens with zero attached hydrogens (tertiary/aromatic N) is 4. The number of ether oxygens (including phenoxy) is 2. The molecule has 1 N–H and O–H groups in total. The molecule has 2 aromatic heterocycles. The number of aromatic nitrogens is 3. The van der Waals surface area contributed by atoms with Crippen LogP contribution < -0.4 is 20.3 Å². The Balaban J connectivity index is 1.25. The lowest BCUT2D eigenvalue weighted by atomic mass is 10.0.